The molecule has 1 aliphatic heterocycles. The van der Waals surface area contributed by atoms with Gasteiger partial charge in [0, 0.05) is 25.7 Å². The summed E-state index contributed by atoms with van der Waals surface area (Å²) in [6.07, 6.45) is 1.21. The van der Waals surface area contributed by atoms with E-state index in [0.717, 1.165) is 18.4 Å². The standard InChI is InChI=1S/C15H20O3/c1-2-18-15(13-6-4-3-5-7-13)14(16)12-8-10-17-11-9-12/h3-7,12,15H,2,8-11H2,1H3. The fourth-order valence-corrected chi connectivity index (χ4v) is 2.33. The third-order valence-corrected chi connectivity index (χ3v) is 3.32. The SMILES string of the molecule is CCOC(C(=O)C1CCOCC1)c1ccccc1. The van der Waals surface area contributed by atoms with E-state index in [1.165, 1.54) is 0 Å². The van der Waals surface area contributed by atoms with E-state index in [1.807, 2.05) is 37.3 Å². The van der Waals surface area contributed by atoms with Gasteiger partial charge in [-0.25, -0.2) is 0 Å². The zero-order valence-corrected chi connectivity index (χ0v) is 10.8. The van der Waals surface area contributed by atoms with Crippen LogP contribution in [0.2, 0.25) is 0 Å². The summed E-state index contributed by atoms with van der Waals surface area (Å²) in [5, 5.41) is 0. The summed E-state index contributed by atoms with van der Waals surface area (Å²) in [4.78, 5) is 12.5. The largest absolute Gasteiger partial charge is 0.381 e. The Morgan fingerprint density at radius 3 is 2.61 bits per heavy atom. The molecule has 1 heterocycles. The lowest BCUT2D eigenvalue weighted by Gasteiger charge is -2.25. The Kier molecular flexibility index (Phi) is 4.90. The minimum absolute atomic E-state index is 0.0792. The molecule has 0 radical (unpaired) electrons. The lowest BCUT2D eigenvalue weighted by Crippen LogP contribution is -2.29. The Morgan fingerprint density at radius 1 is 1.33 bits per heavy atom. The van der Waals surface area contributed by atoms with Gasteiger partial charge in [0.1, 0.15) is 6.10 Å². The van der Waals surface area contributed by atoms with E-state index in [4.69, 9.17) is 9.47 Å². The van der Waals surface area contributed by atoms with E-state index in [0.29, 0.717) is 19.8 Å². The number of ketones is 1. The maximum atomic E-state index is 12.5. The van der Waals surface area contributed by atoms with Crippen molar-refractivity contribution in [2.45, 2.75) is 25.9 Å². The van der Waals surface area contributed by atoms with Gasteiger partial charge in [0.05, 0.1) is 0 Å². The van der Waals surface area contributed by atoms with Gasteiger partial charge >= 0.3 is 0 Å². The molecule has 1 saturated heterocycles. The molecule has 3 heteroatoms. The van der Waals surface area contributed by atoms with E-state index in [-0.39, 0.29) is 11.7 Å². The van der Waals surface area contributed by atoms with E-state index in [9.17, 15) is 4.79 Å². The second-order valence-electron chi connectivity index (χ2n) is 4.54. The first kappa shape index (κ1) is 13.2. The fraction of sp³-hybridized carbons (Fsp3) is 0.533. The Balaban J connectivity index is 2.11. The molecule has 1 atom stereocenters. The molecule has 18 heavy (non-hydrogen) atoms. The lowest BCUT2D eigenvalue weighted by molar-refractivity contribution is -0.137. The summed E-state index contributed by atoms with van der Waals surface area (Å²) in [5.74, 6) is 0.279. The second kappa shape index (κ2) is 6.66. The van der Waals surface area contributed by atoms with Crippen molar-refractivity contribution in [1.29, 1.82) is 0 Å². The number of hydrogen-bond donors (Lipinski definition) is 0. The van der Waals surface area contributed by atoms with Crippen LogP contribution in [-0.2, 0) is 14.3 Å². The molecule has 1 aromatic rings. The van der Waals surface area contributed by atoms with Crippen molar-refractivity contribution < 1.29 is 14.3 Å². The molecule has 0 aromatic heterocycles. The number of benzene rings is 1. The number of ether oxygens (including phenoxy) is 2. The van der Waals surface area contributed by atoms with E-state index >= 15 is 0 Å². The van der Waals surface area contributed by atoms with Crippen LogP contribution in [0.25, 0.3) is 0 Å². The third kappa shape index (κ3) is 3.18. The number of hydrogen-bond acceptors (Lipinski definition) is 3. The Labute approximate surface area is 108 Å². The highest BCUT2D eigenvalue weighted by molar-refractivity contribution is 5.86. The average Bonchev–Trinajstić information content (AvgIpc) is 2.46. The summed E-state index contributed by atoms with van der Waals surface area (Å²) in [7, 11) is 0. The average molecular weight is 248 g/mol. The maximum Gasteiger partial charge on any atom is 0.169 e. The van der Waals surface area contributed by atoms with Gasteiger partial charge < -0.3 is 9.47 Å². The Bertz CT molecular complexity index is 369. The Morgan fingerprint density at radius 2 is 2.00 bits per heavy atom. The number of carbonyl (C=O) groups excluding carboxylic acids is 1. The van der Waals surface area contributed by atoms with Gasteiger partial charge in [-0.15, -0.1) is 0 Å². The second-order valence-corrected chi connectivity index (χ2v) is 4.54. The fourth-order valence-electron chi connectivity index (χ4n) is 2.33. The molecule has 1 unspecified atom stereocenters. The molecule has 0 spiro atoms. The zero-order chi connectivity index (χ0) is 12.8. The Hall–Kier alpha value is -1.19. The molecule has 0 bridgehead atoms. The molecule has 98 valence electrons. The summed E-state index contributed by atoms with van der Waals surface area (Å²) >= 11 is 0. The molecule has 1 aromatic carbocycles. The van der Waals surface area contributed by atoms with Crippen molar-refractivity contribution in [2.24, 2.45) is 5.92 Å². The van der Waals surface area contributed by atoms with Crippen molar-refractivity contribution >= 4 is 5.78 Å². The van der Waals surface area contributed by atoms with E-state index in [1.54, 1.807) is 0 Å². The van der Waals surface area contributed by atoms with Gasteiger partial charge in [-0.1, -0.05) is 30.3 Å². The molecule has 0 aliphatic carbocycles. The molecule has 0 N–H and O–H groups in total. The van der Waals surface area contributed by atoms with Crippen LogP contribution in [0.5, 0.6) is 0 Å². The van der Waals surface area contributed by atoms with Gasteiger partial charge in [-0.05, 0) is 25.3 Å². The van der Waals surface area contributed by atoms with Crippen molar-refractivity contribution in [1.82, 2.24) is 0 Å². The normalized spacial score (nSPS) is 18.5. The van der Waals surface area contributed by atoms with Crippen LogP contribution in [0.15, 0.2) is 30.3 Å². The maximum absolute atomic E-state index is 12.5. The zero-order valence-electron chi connectivity index (χ0n) is 10.8. The highest BCUT2D eigenvalue weighted by Crippen LogP contribution is 2.26. The van der Waals surface area contributed by atoms with E-state index < -0.39 is 6.10 Å². The quantitative estimate of drug-likeness (QED) is 0.803. The third-order valence-electron chi connectivity index (χ3n) is 3.32. The number of Topliss-reactive ketones (excluding diaryl/α,β-unsaturated/α-hetero) is 1. The summed E-state index contributed by atoms with van der Waals surface area (Å²) in [6, 6.07) is 9.75. The van der Waals surface area contributed by atoms with Crippen LogP contribution in [0.1, 0.15) is 31.4 Å². The van der Waals surface area contributed by atoms with Crippen molar-refractivity contribution in [3.63, 3.8) is 0 Å². The highest BCUT2D eigenvalue weighted by atomic mass is 16.5. The molecular formula is C15H20O3. The summed E-state index contributed by atoms with van der Waals surface area (Å²) in [5.41, 5.74) is 0.954. The monoisotopic (exact) mass is 248 g/mol. The minimum Gasteiger partial charge on any atom is -0.381 e. The van der Waals surface area contributed by atoms with Crippen LogP contribution in [0.4, 0.5) is 0 Å². The van der Waals surface area contributed by atoms with Crippen molar-refractivity contribution in [3.8, 4) is 0 Å². The first-order valence-electron chi connectivity index (χ1n) is 6.61. The van der Waals surface area contributed by atoms with Crippen LogP contribution in [-0.4, -0.2) is 25.6 Å². The van der Waals surface area contributed by atoms with Crippen molar-refractivity contribution in [2.75, 3.05) is 19.8 Å². The molecular weight excluding hydrogens is 228 g/mol. The van der Waals surface area contributed by atoms with E-state index in [2.05, 4.69) is 0 Å². The van der Waals surface area contributed by atoms with Crippen molar-refractivity contribution in [3.05, 3.63) is 35.9 Å². The molecule has 1 fully saturated rings. The van der Waals surface area contributed by atoms with Gasteiger partial charge in [0.2, 0.25) is 0 Å². The van der Waals surface area contributed by atoms with Crippen LogP contribution in [0, 0.1) is 5.92 Å². The van der Waals surface area contributed by atoms with Crippen LogP contribution >= 0.6 is 0 Å². The lowest BCUT2D eigenvalue weighted by atomic mass is 9.89. The molecule has 1 aliphatic rings. The first-order valence-corrected chi connectivity index (χ1v) is 6.61. The highest BCUT2D eigenvalue weighted by Gasteiger charge is 2.29. The molecule has 0 amide bonds. The van der Waals surface area contributed by atoms with Gasteiger partial charge in [-0.2, -0.15) is 0 Å². The van der Waals surface area contributed by atoms with Gasteiger partial charge in [0.15, 0.2) is 5.78 Å². The van der Waals surface area contributed by atoms with Crippen LogP contribution in [0.3, 0.4) is 0 Å². The predicted octanol–water partition coefficient (Wildman–Crippen LogP) is 2.76. The molecule has 0 saturated carbocycles. The van der Waals surface area contributed by atoms with Gasteiger partial charge in [0.25, 0.3) is 0 Å². The summed E-state index contributed by atoms with van der Waals surface area (Å²) < 4.78 is 11.0. The number of carbonyl (C=O) groups is 1. The smallest absolute Gasteiger partial charge is 0.169 e. The van der Waals surface area contributed by atoms with Crippen LogP contribution < -0.4 is 0 Å². The number of rotatable bonds is 5. The topological polar surface area (TPSA) is 35.5 Å². The predicted molar refractivity (Wildman–Crippen MR) is 69.4 cm³/mol. The molecule has 2 rings (SSSR count). The van der Waals surface area contributed by atoms with Gasteiger partial charge in [-0.3, -0.25) is 4.79 Å². The minimum atomic E-state index is -0.417. The summed E-state index contributed by atoms with van der Waals surface area (Å²) in [6.45, 7) is 3.84. The first-order chi connectivity index (χ1) is 8.83. The molecule has 3 nitrogen and oxygen atoms in total.